The molecule has 0 aliphatic rings. The second-order valence-corrected chi connectivity index (χ2v) is 5.30. The number of ether oxygens (including phenoxy) is 1. The summed E-state index contributed by atoms with van der Waals surface area (Å²) in [5.41, 5.74) is 0.587. The number of fused-ring (bicyclic) bond motifs is 1. The maximum absolute atomic E-state index is 13.5. The number of aromatic hydroxyl groups is 1. The fraction of sp³-hybridized carbons (Fsp3) is 0.118. The van der Waals surface area contributed by atoms with Crippen LogP contribution in [0.4, 0.5) is 17.6 Å². The van der Waals surface area contributed by atoms with Crippen molar-refractivity contribution in [3.05, 3.63) is 59.5 Å². The number of alkyl halides is 3. The van der Waals surface area contributed by atoms with Crippen LogP contribution >= 0.6 is 0 Å². The highest BCUT2D eigenvalue weighted by Gasteiger charge is 2.30. The first-order valence-corrected chi connectivity index (χ1v) is 7.03. The normalized spacial score (nSPS) is 11.5. The van der Waals surface area contributed by atoms with Crippen LogP contribution in [0.5, 0.6) is 11.6 Å². The monoisotopic (exact) mass is 350 g/mol. The number of halogens is 4. The molecule has 0 bridgehead atoms. The molecule has 8 heteroatoms. The van der Waals surface area contributed by atoms with Gasteiger partial charge in [-0.25, -0.2) is 4.39 Å². The highest BCUT2D eigenvalue weighted by molar-refractivity contribution is 5.93. The third kappa shape index (κ3) is 3.50. The molecule has 25 heavy (non-hydrogen) atoms. The molecule has 0 unspecified atom stereocenters. The molecular weight excluding hydrogens is 340 g/mol. The average Bonchev–Trinajstić information content (AvgIpc) is 2.83. The van der Waals surface area contributed by atoms with Gasteiger partial charge in [-0.2, -0.15) is 5.26 Å². The zero-order valence-electron chi connectivity index (χ0n) is 12.5. The molecule has 0 amide bonds. The molecule has 3 rings (SSSR count). The largest absolute Gasteiger partial charge is 0.573 e. The Bertz CT molecular complexity index is 969. The lowest BCUT2D eigenvalue weighted by molar-refractivity contribution is -0.274. The minimum atomic E-state index is -4.77. The summed E-state index contributed by atoms with van der Waals surface area (Å²) in [6.45, 7) is 0.124. The van der Waals surface area contributed by atoms with Gasteiger partial charge in [-0.15, -0.1) is 13.2 Å². The first-order chi connectivity index (χ1) is 11.8. The molecule has 0 aliphatic carbocycles. The smallest absolute Gasteiger partial charge is 0.494 e. The van der Waals surface area contributed by atoms with Crippen molar-refractivity contribution in [2.75, 3.05) is 0 Å². The van der Waals surface area contributed by atoms with Crippen molar-refractivity contribution in [2.24, 2.45) is 0 Å². The average molecular weight is 350 g/mol. The molecule has 0 spiro atoms. The number of nitrogens with zero attached hydrogens (tertiary/aromatic N) is 2. The SMILES string of the molecule is N#Cc1cc(F)cc2cn(Cc3ccc(OC(F)(F)F)cc3)c(O)c12. The predicted octanol–water partition coefficient (Wildman–Crippen LogP) is 4.30. The van der Waals surface area contributed by atoms with Crippen LogP contribution in [0.15, 0.2) is 42.6 Å². The molecule has 0 fully saturated rings. The molecule has 1 aromatic heterocycles. The number of hydrogen-bond donors (Lipinski definition) is 1. The minimum absolute atomic E-state index is 0.000162. The molecule has 0 saturated heterocycles. The number of rotatable bonds is 3. The highest BCUT2D eigenvalue weighted by Crippen LogP contribution is 2.32. The van der Waals surface area contributed by atoms with Crippen molar-refractivity contribution in [1.82, 2.24) is 4.57 Å². The van der Waals surface area contributed by atoms with E-state index in [1.54, 1.807) is 0 Å². The molecule has 0 saturated carbocycles. The van der Waals surface area contributed by atoms with E-state index in [2.05, 4.69) is 4.74 Å². The summed E-state index contributed by atoms with van der Waals surface area (Å²) in [5.74, 6) is -1.18. The maximum atomic E-state index is 13.5. The Morgan fingerprint density at radius 2 is 1.84 bits per heavy atom. The Morgan fingerprint density at radius 3 is 2.44 bits per heavy atom. The van der Waals surface area contributed by atoms with E-state index in [0.717, 1.165) is 18.2 Å². The van der Waals surface area contributed by atoms with Crippen LogP contribution in [0.1, 0.15) is 11.1 Å². The van der Waals surface area contributed by atoms with Gasteiger partial charge in [0.2, 0.25) is 5.88 Å². The Kier molecular flexibility index (Phi) is 4.00. The highest BCUT2D eigenvalue weighted by atomic mass is 19.4. The summed E-state index contributed by atoms with van der Waals surface area (Å²) in [6, 6.07) is 9.17. The number of nitriles is 1. The van der Waals surface area contributed by atoms with Gasteiger partial charge in [-0.3, -0.25) is 0 Å². The third-order valence-corrected chi connectivity index (χ3v) is 3.55. The van der Waals surface area contributed by atoms with Crippen molar-refractivity contribution in [2.45, 2.75) is 12.9 Å². The second kappa shape index (κ2) is 6.02. The number of benzene rings is 2. The van der Waals surface area contributed by atoms with Crippen molar-refractivity contribution in [3.63, 3.8) is 0 Å². The summed E-state index contributed by atoms with van der Waals surface area (Å²) in [6.07, 6.45) is -3.30. The molecular formula is C17H10F4N2O2. The lowest BCUT2D eigenvalue weighted by Crippen LogP contribution is -2.17. The van der Waals surface area contributed by atoms with Gasteiger partial charge in [0.25, 0.3) is 0 Å². The molecule has 128 valence electrons. The van der Waals surface area contributed by atoms with Crippen molar-refractivity contribution < 1.29 is 27.4 Å². The van der Waals surface area contributed by atoms with Crippen LogP contribution in [0.2, 0.25) is 0 Å². The number of aromatic nitrogens is 1. The zero-order chi connectivity index (χ0) is 18.2. The quantitative estimate of drug-likeness (QED) is 0.717. The summed E-state index contributed by atoms with van der Waals surface area (Å²) in [7, 11) is 0. The Labute approximate surface area is 139 Å². The third-order valence-electron chi connectivity index (χ3n) is 3.55. The summed E-state index contributed by atoms with van der Waals surface area (Å²) in [5, 5.41) is 19.9. The summed E-state index contributed by atoms with van der Waals surface area (Å²) < 4.78 is 55.1. The lowest BCUT2D eigenvalue weighted by Gasteiger charge is -2.10. The van der Waals surface area contributed by atoms with E-state index in [1.165, 1.54) is 29.0 Å². The maximum Gasteiger partial charge on any atom is 0.573 e. The fourth-order valence-corrected chi connectivity index (χ4v) is 2.55. The van der Waals surface area contributed by atoms with E-state index in [9.17, 15) is 22.7 Å². The summed E-state index contributed by atoms with van der Waals surface area (Å²) in [4.78, 5) is 0. The molecule has 0 aliphatic heterocycles. The molecule has 0 atom stereocenters. The van der Waals surface area contributed by atoms with Crippen LogP contribution in [0.25, 0.3) is 10.8 Å². The molecule has 3 aromatic rings. The van der Waals surface area contributed by atoms with E-state index in [4.69, 9.17) is 5.26 Å². The van der Waals surface area contributed by atoms with E-state index in [1.807, 2.05) is 6.07 Å². The lowest BCUT2D eigenvalue weighted by atomic mass is 10.1. The van der Waals surface area contributed by atoms with Crippen LogP contribution in [0.3, 0.4) is 0 Å². The molecule has 4 nitrogen and oxygen atoms in total. The topological polar surface area (TPSA) is 58.2 Å². The van der Waals surface area contributed by atoms with Gasteiger partial charge in [0.05, 0.1) is 17.5 Å². The Morgan fingerprint density at radius 1 is 1.16 bits per heavy atom. The standard InChI is InChI=1S/C17H10F4N2O2/c18-13-5-11(7-22)15-12(6-13)9-23(16(15)24)8-10-1-3-14(4-2-10)25-17(19,20)21/h1-6,9,24H,8H2. The fourth-order valence-electron chi connectivity index (χ4n) is 2.55. The first kappa shape index (κ1) is 16.6. The number of hydrogen-bond acceptors (Lipinski definition) is 3. The van der Waals surface area contributed by atoms with Gasteiger partial charge in [-0.05, 0) is 29.8 Å². The Hall–Kier alpha value is -3.21. The molecule has 1 heterocycles. The second-order valence-electron chi connectivity index (χ2n) is 5.30. The van der Waals surface area contributed by atoms with Crippen LogP contribution in [0, 0.1) is 17.1 Å². The molecule has 2 aromatic carbocycles. The van der Waals surface area contributed by atoms with Gasteiger partial charge < -0.3 is 14.4 Å². The van der Waals surface area contributed by atoms with E-state index < -0.39 is 12.2 Å². The van der Waals surface area contributed by atoms with Gasteiger partial charge >= 0.3 is 6.36 Å². The van der Waals surface area contributed by atoms with E-state index in [-0.39, 0.29) is 29.1 Å². The first-order valence-electron chi connectivity index (χ1n) is 7.03. The van der Waals surface area contributed by atoms with Crippen LogP contribution in [-0.4, -0.2) is 16.0 Å². The van der Waals surface area contributed by atoms with Crippen molar-refractivity contribution in [3.8, 4) is 17.7 Å². The zero-order valence-corrected chi connectivity index (χ0v) is 12.5. The van der Waals surface area contributed by atoms with Gasteiger partial charge in [0, 0.05) is 11.6 Å². The van der Waals surface area contributed by atoms with Crippen molar-refractivity contribution in [1.29, 1.82) is 5.26 Å². The van der Waals surface area contributed by atoms with Gasteiger partial charge in [0.15, 0.2) is 0 Å². The van der Waals surface area contributed by atoms with E-state index in [0.29, 0.717) is 10.9 Å². The predicted molar refractivity (Wildman–Crippen MR) is 80.5 cm³/mol. The molecule has 0 radical (unpaired) electrons. The minimum Gasteiger partial charge on any atom is -0.494 e. The van der Waals surface area contributed by atoms with Crippen LogP contribution < -0.4 is 4.74 Å². The van der Waals surface area contributed by atoms with Crippen molar-refractivity contribution >= 4 is 10.8 Å². The van der Waals surface area contributed by atoms with E-state index >= 15 is 0 Å². The molecule has 1 N–H and O–H groups in total. The van der Waals surface area contributed by atoms with Gasteiger partial charge in [-0.1, -0.05) is 12.1 Å². The Balaban J connectivity index is 1.91. The van der Waals surface area contributed by atoms with Gasteiger partial charge in [0.1, 0.15) is 17.6 Å². The summed E-state index contributed by atoms with van der Waals surface area (Å²) >= 11 is 0. The van der Waals surface area contributed by atoms with Crippen LogP contribution in [-0.2, 0) is 6.54 Å².